The van der Waals surface area contributed by atoms with Gasteiger partial charge >= 0.3 is 5.97 Å². The van der Waals surface area contributed by atoms with Crippen LogP contribution in [0, 0.1) is 0 Å². The van der Waals surface area contributed by atoms with E-state index < -0.39 is 23.7 Å². The summed E-state index contributed by atoms with van der Waals surface area (Å²) in [7, 11) is 1.53. The molecular formula is C19H23NO6S. The van der Waals surface area contributed by atoms with Gasteiger partial charge in [-0.3, -0.25) is 19.3 Å². The molecule has 1 saturated heterocycles. The molecule has 1 aromatic carbocycles. The van der Waals surface area contributed by atoms with Gasteiger partial charge in [0.05, 0.1) is 24.2 Å². The van der Waals surface area contributed by atoms with Gasteiger partial charge in [0.25, 0.3) is 11.1 Å². The van der Waals surface area contributed by atoms with Crippen LogP contribution in [0.15, 0.2) is 23.1 Å². The van der Waals surface area contributed by atoms with Crippen molar-refractivity contribution in [1.82, 2.24) is 4.90 Å². The highest BCUT2D eigenvalue weighted by Crippen LogP contribution is 2.34. The Balaban J connectivity index is 2.18. The van der Waals surface area contributed by atoms with Crippen LogP contribution in [0.3, 0.4) is 0 Å². The van der Waals surface area contributed by atoms with Gasteiger partial charge in [0.2, 0.25) is 0 Å². The third-order valence-electron chi connectivity index (χ3n) is 3.38. The van der Waals surface area contributed by atoms with Crippen molar-refractivity contribution in [2.24, 2.45) is 0 Å². The van der Waals surface area contributed by atoms with Gasteiger partial charge in [-0.2, -0.15) is 0 Å². The summed E-state index contributed by atoms with van der Waals surface area (Å²) < 4.78 is 16.0. The van der Waals surface area contributed by atoms with Crippen LogP contribution in [-0.2, 0) is 14.3 Å². The molecule has 1 heterocycles. The maximum atomic E-state index is 12.5. The second kappa shape index (κ2) is 8.94. The first-order valence-corrected chi connectivity index (χ1v) is 9.32. The molecule has 146 valence electrons. The predicted octanol–water partition coefficient (Wildman–Crippen LogP) is 3.47. The van der Waals surface area contributed by atoms with Crippen molar-refractivity contribution < 1.29 is 28.6 Å². The summed E-state index contributed by atoms with van der Waals surface area (Å²) in [6, 6.07) is 5.23. The molecule has 1 aromatic rings. The summed E-state index contributed by atoms with van der Waals surface area (Å²) in [5, 5.41) is -0.501. The monoisotopic (exact) mass is 393 g/mol. The van der Waals surface area contributed by atoms with Gasteiger partial charge in [-0.05, 0) is 63.2 Å². The Kier molecular flexibility index (Phi) is 6.90. The Labute approximate surface area is 162 Å². The van der Waals surface area contributed by atoms with E-state index in [1.54, 1.807) is 38.1 Å². The Morgan fingerprint density at radius 3 is 2.44 bits per heavy atom. The quantitative estimate of drug-likeness (QED) is 0.518. The Morgan fingerprint density at radius 1 is 1.15 bits per heavy atom. The molecule has 0 aromatic heterocycles. The minimum Gasteiger partial charge on any atom is -0.493 e. The van der Waals surface area contributed by atoms with Crippen LogP contribution in [0.4, 0.5) is 4.79 Å². The molecule has 2 amide bonds. The number of carbonyl (C=O) groups excluding carboxylic acids is 3. The molecule has 0 unspecified atom stereocenters. The summed E-state index contributed by atoms with van der Waals surface area (Å²) in [5.74, 6) is -0.0241. The number of hydrogen-bond donors (Lipinski definition) is 0. The number of rotatable bonds is 7. The average Bonchev–Trinajstić information content (AvgIpc) is 2.82. The van der Waals surface area contributed by atoms with Gasteiger partial charge in [0.1, 0.15) is 6.54 Å². The molecule has 0 aliphatic carbocycles. The number of methoxy groups -OCH3 is 1. The summed E-state index contributed by atoms with van der Waals surface area (Å²) >= 11 is 0.785. The van der Waals surface area contributed by atoms with E-state index in [2.05, 4.69) is 0 Å². The van der Waals surface area contributed by atoms with Crippen LogP contribution in [0.25, 0.3) is 6.08 Å². The maximum absolute atomic E-state index is 12.5. The molecule has 0 bridgehead atoms. The second-order valence-electron chi connectivity index (χ2n) is 6.38. The van der Waals surface area contributed by atoms with Crippen LogP contribution in [0.1, 0.15) is 33.3 Å². The lowest BCUT2D eigenvalue weighted by Crippen LogP contribution is -2.35. The number of nitrogens with zero attached hydrogens (tertiary/aromatic N) is 1. The average molecular weight is 393 g/mol. The Hall–Kier alpha value is -2.48. The van der Waals surface area contributed by atoms with Crippen LogP contribution in [0.2, 0.25) is 0 Å². The van der Waals surface area contributed by atoms with Crippen molar-refractivity contribution in [3.8, 4) is 11.5 Å². The fourth-order valence-electron chi connectivity index (χ4n) is 2.34. The van der Waals surface area contributed by atoms with Gasteiger partial charge < -0.3 is 14.2 Å². The first-order valence-electron chi connectivity index (χ1n) is 8.50. The normalized spacial score (nSPS) is 15.8. The number of esters is 1. The first-order chi connectivity index (χ1) is 12.7. The standard InChI is InChI=1S/C19H23NO6S/c1-11(2)25-14-7-6-13(8-15(14)24-5)9-16-18(22)20(19(23)27-16)10-17(21)26-12(3)4/h6-9,11-12H,10H2,1-5H3. The third-order valence-corrected chi connectivity index (χ3v) is 4.28. The number of benzene rings is 1. The van der Waals surface area contributed by atoms with Gasteiger partial charge in [0, 0.05) is 0 Å². The van der Waals surface area contributed by atoms with Crippen LogP contribution >= 0.6 is 11.8 Å². The van der Waals surface area contributed by atoms with E-state index in [0.29, 0.717) is 17.1 Å². The molecule has 8 heteroatoms. The molecule has 0 atom stereocenters. The van der Waals surface area contributed by atoms with Gasteiger partial charge in [0.15, 0.2) is 11.5 Å². The zero-order valence-electron chi connectivity index (χ0n) is 16.0. The minimum absolute atomic E-state index is 0.00755. The molecule has 1 aliphatic heterocycles. The largest absolute Gasteiger partial charge is 0.493 e. The minimum atomic E-state index is -0.620. The van der Waals surface area contributed by atoms with Crippen molar-refractivity contribution in [3.63, 3.8) is 0 Å². The van der Waals surface area contributed by atoms with Crippen molar-refractivity contribution >= 4 is 35.0 Å². The zero-order chi connectivity index (χ0) is 20.1. The van der Waals surface area contributed by atoms with E-state index in [-0.39, 0.29) is 17.1 Å². The number of thioether (sulfide) groups is 1. The molecule has 0 saturated carbocycles. The number of imide groups is 1. The highest BCUT2D eigenvalue weighted by Gasteiger charge is 2.36. The SMILES string of the molecule is COc1cc(C=C2SC(=O)N(CC(=O)OC(C)C)C2=O)ccc1OC(C)C. The van der Waals surface area contributed by atoms with Crippen molar-refractivity contribution in [3.05, 3.63) is 28.7 Å². The molecule has 1 fully saturated rings. The van der Waals surface area contributed by atoms with E-state index in [9.17, 15) is 14.4 Å². The van der Waals surface area contributed by atoms with E-state index in [1.165, 1.54) is 7.11 Å². The predicted molar refractivity (Wildman–Crippen MR) is 103 cm³/mol. The van der Waals surface area contributed by atoms with E-state index in [1.807, 2.05) is 13.8 Å². The van der Waals surface area contributed by atoms with Crippen LogP contribution in [-0.4, -0.2) is 47.9 Å². The molecular weight excluding hydrogens is 370 g/mol. The lowest BCUT2D eigenvalue weighted by molar-refractivity contribution is -0.149. The lowest BCUT2D eigenvalue weighted by Gasteiger charge is -2.14. The van der Waals surface area contributed by atoms with Crippen molar-refractivity contribution in [2.45, 2.75) is 39.9 Å². The molecule has 0 radical (unpaired) electrons. The van der Waals surface area contributed by atoms with Gasteiger partial charge in [-0.25, -0.2) is 0 Å². The van der Waals surface area contributed by atoms with Crippen LogP contribution in [0.5, 0.6) is 11.5 Å². The molecule has 1 aliphatic rings. The summed E-state index contributed by atoms with van der Waals surface area (Å²) in [6.45, 7) is 6.82. The molecule has 27 heavy (non-hydrogen) atoms. The van der Waals surface area contributed by atoms with E-state index >= 15 is 0 Å². The van der Waals surface area contributed by atoms with E-state index in [4.69, 9.17) is 14.2 Å². The lowest BCUT2D eigenvalue weighted by atomic mass is 10.2. The van der Waals surface area contributed by atoms with Gasteiger partial charge in [-0.15, -0.1) is 0 Å². The van der Waals surface area contributed by atoms with Crippen LogP contribution < -0.4 is 9.47 Å². The fraction of sp³-hybridized carbons (Fsp3) is 0.421. The highest BCUT2D eigenvalue weighted by molar-refractivity contribution is 8.18. The molecule has 2 rings (SSSR count). The number of ether oxygens (including phenoxy) is 3. The first kappa shape index (κ1) is 20.8. The topological polar surface area (TPSA) is 82.1 Å². The maximum Gasteiger partial charge on any atom is 0.326 e. The summed E-state index contributed by atoms with van der Waals surface area (Å²) in [4.78, 5) is 37.4. The Bertz CT molecular complexity index is 771. The fourth-order valence-corrected chi connectivity index (χ4v) is 3.18. The third kappa shape index (κ3) is 5.50. The number of amides is 2. The number of carbonyl (C=O) groups is 3. The van der Waals surface area contributed by atoms with Crippen molar-refractivity contribution in [1.29, 1.82) is 0 Å². The molecule has 7 nitrogen and oxygen atoms in total. The van der Waals surface area contributed by atoms with Crippen molar-refractivity contribution in [2.75, 3.05) is 13.7 Å². The smallest absolute Gasteiger partial charge is 0.326 e. The second-order valence-corrected chi connectivity index (χ2v) is 7.38. The highest BCUT2D eigenvalue weighted by atomic mass is 32.2. The molecule has 0 spiro atoms. The summed E-state index contributed by atoms with van der Waals surface area (Å²) in [6.07, 6.45) is 1.26. The Morgan fingerprint density at radius 2 is 1.85 bits per heavy atom. The number of hydrogen-bond acceptors (Lipinski definition) is 7. The zero-order valence-corrected chi connectivity index (χ0v) is 16.8. The van der Waals surface area contributed by atoms with E-state index in [0.717, 1.165) is 16.7 Å². The van der Waals surface area contributed by atoms with Gasteiger partial charge in [-0.1, -0.05) is 6.07 Å². The summed E-state index contributed by atoms with van der Waals surface area (Å²) in [5.41, 5.74) is 0.679. The molecule has 0 N–H and O–H groups in total.